The fourth-order valence-corrected chi connectivity index (χ4v) is 6.33. The molecule has 1 aromatic rings. The van der Waals surface area contributed by atoms with E-state index < -0.39 is 95.2 Å². The van der Waals surface area contributed by atoms with Gasteiger partial charge in [-0.2, -0.15) is 13.2 Å². The van der Waals surface area contributed by atoms with Crippen LogP contribution >= 0.6 is 0 Å². The molecule has 4 unspecified atom stereocenters. The summed E-state index contributed by atoms with van der Waals surface area (Å²) in [6, 6.07) is 3.60. The molecule has 14 nitrogen and oxygen atoms in total. The minimum Gasteiger partial charge on any atom is -0.434 e. The second kappa shape index (κ2) is 17.8. The molecule has 4 N–H and O–H groups in total. The fraction of sp³-hybridized carbons (Fsp3) is 0.658. The third-order valence-corrected chi connectivity index (χ3v) is 9.92. The molecule has 6 amide bonds. The smallest absolute Gasteiger partial charge is 0.427 e. The molecule has 1 aromatic carbocycles. The van der Waals surface area contributed by atoms with Crippen LogP contribution in [0.5, 0.6) is 0 Å². The van der Waals surface area contributed by atoms with Crippen molar-refractivity contribution < 1.29 is 51.5 Å². The van der Waals surface area contributed by atoms with Gasteiger partial charge in [0.1, 0.15) is 18.1 Å². The molecular formula is C38H55F3N6O8. The van der Waals surface area contributed by atoms with Gasteiger partial charge in [-0.3, -0.25) is 28.8 Å². The summed E-state index contributed by atoms with van der Waals surface area (Å²) >= 11 is 0. The van der Waals surface area contributed by atoms with E-state index in [1.54, 1.807) is 51.1 Å². The number of likely N-dealkylation sites (N-methyl/N-ethyl adjacent to an activating group) is 1. The number of benzene rings is 1. The molecule has 2 aliphatic rings. The van der Waals surface area contributed by atoms with Crippen molar-refractivity contribution in [3.63, 3.8) is 0 Å². The maximum atomic E-state index is 14.1. The van der Waals surface area contributed by atoms with Crippen molar-refractivity contribution in [1.82, 2.24) is 31.1 Å². The summed E-state index contributed by atoms with van der Waals surface area (Å²) in [5, 5.41) is 9.84. The van der Waals surface area contributed by atoms with E-state index in [0.29, 0.717) is 25.8 Å². The first-order valence-electron chi connectivity index (χ1n) is 18.4. The topological polar surface area (TPSA) is 183 Å². The summed E-state index contributed by atoms with van der Waals surface area (Å²) in [5.41, 5.74) is -3.38. The highest BCUT2D eigenvalue weighted by molar-refractivity contribution is 6.38. The first-order valence-corrected chi connectivity index (χ1v) is 18.4. The van der Waals surface area contributed by atoms with Crippen LogP contribution in [-0.4, -0.2) is 108 Å². The van der Waals surface area contributed by atoms with Crippen LogP contribution in [0.1, 0.15) is 85.8 Å². The lowest BCUT2D eigenvalue weighted by Crippen LogP contribution is -2.61. The molecule has 55 heavy (non-hydrogen) atoms. The van der Waals surface area contributed by atoms with E-state index >= 15 is 0 Å². The number of nitrogens with zero attached hydrogens (tertiary/aromatic N) is 2. The lowest BCUT2D eigenvalue weighted by atomic mass is 9.84. The molecule has 0 aromatic heterocycles. The molecule has 0 spiro atoms. The number of amides is 6. The molecular weight excluding hydrogens is 725 g/mol. The number of carbonyl (C=O) groups excluding carboxylic acids is 7. The monoisotopic (exact) mass is 780 g/mol. The number of likely N-dealkylation sites (tertiary alicyclic amines) is 1. The second-order valence-electron chi connectivity index (χ2n) is 16.4. The van der Waals surface area contributed by atoms with Gasteiger partial charge < -0.3 is 35.8 Å². The van der Waals surface area contributed by atoms with Crippen molar-refractivity contribution in [3.8, 4) is 0 Å². The Morgan fingerprint density at radius 3 is 2.00 bits per heavy atom. The van der Waals surface area contributed by atoms with Crippen LogP contribution in [0.2, 0.25) is 0 Å². The lowest BCUT2D eigenvalue weighted by molar-refractivity contribution is -0.244. The normalized spacial score (nSPS) is 19.1. The Balaban J connectivity index is 1.77. The predicted molar refractivity (Wildman–Crippen MR) is 195 cm³/mol. The molecule has 1 saturated carbocycles. The third kappa shape index (κ3) is 11.9. The number of ether oxygens (including phenoxy) is 1. The number of Topliss-reactive ketones (excluding diaryl/α,β-unsaturated/α-hetero) is 1. The van der Waals surface area contributed by atoms with E-state index in [2.05, 4.69) is 26.0 Å². The minimum absolute atomic E-state index is 0.0534. The highest BCUT2D eigenvalue weighted by Crippen LogP contribution is 2.36. The van der Waals surface area contributed by atoms with Gasteiger partial charge in [0.2, 0.25) is 35.0 Å². The first kappa shape index (κ1) is 44.7. The summed E-state index contributed by atoms with van der Waals surface area (Å²) in [5.74, 6) is -5.21. The first-order chi connectivity index (χ1) is 25.3. The molecule has 1 aliphatic heterocycles. The summed E-state index contributed by atoms with van der Waals surface area (Å²) in [7, 11) is 3.06. The van der Waals surface area contributed by atoms with Crippen LogP contribution in [-0.2, 0) is 33.5 Å². The number of ketones is 1. The zero-order chi connectivity index (χ0) is 41.6. The van der Waals surface area contributed by atoms with E-state index in [1.165, 1.54) is 23.9 Å². The Kier molecular flexibility index (Phi) is 14.5. The number of nitrogens with one attached hydrogen (secondary N) is 4. The highest BCUT2D eigenvalue weighted by Gasteiger charge is 2.52. The predicted octanol–water partition coefficient (Wildman–Crippen LogP) is 3.26. The molecule has 1 heterocycles. The standard InChI is InChI=1S/C38H55F3N6O8/c1-21(2)24-17-18-47(34(53)30(36(3,4)5)45-35(54)55-37(6,7)38(39,40)41)28(24)31(50)43-25(19-22-15-16-22)29(49)32(51)42-20-26(48)44-27(33(52)46(8)9)23-13-11-10-12-14-23/h10-14,21-22,24-25,27-28,30H,15-20H2,1-9H3,(H,42,51)(H,43,50)(H,44,48)(H,45,54)/t24?,25?,27-,28?,30?/m0/s1. The number of hydrogen-bond donors (Lipinski definition) is 4. The Hall–Kier alpha value is -4.70. The SMILES string of the molecule is CC(C)C1CCN(C(=O)C(NC(=O)OC(C)(C)C(F)(F)F)C(C)(C)C)C1C(=O)NC(CC1CC1)C(=O)C(=O)NCC(=O)N[C@H](C(=O)N(C)C)c1ccccc1. The Morgan fingerprint density at radius 1 is 0.891 bits per heavy atom. The zero-order valence-electron chi connectivity index (χ0n) is 33.0. The molecule has 0 radical (unpaired) electrons. The minimum atomic E-state index is -4.89. The Labute approximate surface area is 320 Å². The third-order valence-electron chi connectivity index (χ3n) is 9.92. The average Bonchev–Trinajstić information content (AvgIpc) is 3.79. The van der Waals surface area contributed by atoms with Gasteiger partial charge >= 0.3 is 12.3 Å². The van der Waals surface area contributed by atoms with Crippen LogP contribution in [0, 0.1) is 23.2 Å². The van der Waals surface area contributed by atoms with Crippen LogP contribution in [0.25, 0.3) is 0 Å². The number of rotatable bonds is 15. The lowest BCUT2D eigenvalue weighted by Gasteiger charge is -2.37. The molecule has 17 heteroatoms. The van der Waals surface area contributed by atoms with Gasteiger partial charge in [0.25, 0.3) is 5.91 Å². The summed E-state index contributed by atoms with van der Waals surface area (Å²) in [6.07, 6.45) is -4.30. The Morgan fingerprint density at radius 2 is 1.49 bits per heavy atom. The summed E-state index contributed by atoms with van der Waals surface area (Å²) in [6.45, 7) is 9.31. The molecule has 5 atom stereocenters. The van der Waals surface area contributed by atoms with Gasteiger partial charge in [-0.1, -0.05) is 77.8 Å². The summed E-state index contributed by atoms with van der Waals surface area (Å²) < 4.78 is 45.0. The molecule has 2 fully saturated rings. The van der Waals surface area contributed by atoms with Crippen LogP contribution in [0.15, 0.2) is 30.3 Å². The molecule has 306 valence electrons. The average molecular weight is 781 g/mol. The van der Waals surface area contributed by atoms with Crippen molar-refractivity contribution in [3.05, 3.63) is 35.9 Å². The van der Waals surface area contributed by atoms with E-state index in [0.717, 1.165) is 12.8 Å². The molecule has 1 saturated heterocycles. The van der Waals surface area contributed by atoms with Crippen molar-refractivity contribution in [1.29, 1.82) is 0 Å². The molecule has 3 rings (SSSR count). The van der Waals surface area contributed by atoms with Crippen molar-refractivity contribution in [2.75, 3.05) is 27.2 Å². The number of hydrogen-bond acceptors (Lipinski definition) is 8. The van der Waals surface area contributed by atoms with Gasteiger partial charge in [0.05, 0.1) is 12.6 Å². The van der Waals surface area contributed by atoms with Crippen molar-refractivity contribution in [2.45, 2.75) is 110 Å². The molecule has 0 bridgehead atoms. The number of halogens is 3. The summed E-state index contributed by atoms with van der Waals surface area (Å²) in [4.78, 5) is 96.0. The van der Waals surface area contributed by atoms with Crippen LogP contribution < -0.4 is 21.3 Å². The van der Waals surface area contributed by atoms with Gasteiger partial charge in [-0.15, -0.1) is 0 Å². The van der Waals surface area contributed by atoms with Crippen molar-refractivity contribution >= 4 is 41.4 Å². The van der Waals surface area contributed by atoms with Crippen LogP contribution in [0.4, 0.5) is 18.0 Å². The van der Waals surface area contributed by atoms with Gasteiger partial charge in [-0.25, -0.2) is 4.79 Å². The van der Waals surface area contributed by atoms with Gasteiger partial charge in [0.15, 0.2) is 0 Å². The van der Waals surface area contributed by atoms with Crippen molar-refractivity contribution in [2.24, 2.45) is 23.2 Å². The quantitative estimate of drug-likeness (QED) is 0.196. The van der Waals surface area contributed by atoms with E-state index in [1.807, 2.05) is 13.8 Å². The van der Waals surface area contributed by atoms with Gasteiger partial charge in [-0.05, 0) is 55.4 Å². The largest absolute Gasteiger partial charge is 0.434 e. The number of alkyl carbamates (subject to hydrolysis) is 1. The van der Waals surface area contributed by atoms with Crippen LogP contribution in [0.3, 0.4) is 0 Å². The fourth-order valence-electron chi connectivity index (χ4n) is 6.33. The van der Waals surface area contributed by atoms with Gasteiger partial charge in [0, 0.05) is 20.6 Å². The maximum absolute atomic E-state index is 14.1. The highest BCUT2D eigenvalue weighted by atomic mass is 19.4. The maximum Gasteiger partial charge on any atom is 0.427 e. The number of alkyl halides is 3. The second-order valence-corrected chi connectivity index (χ2v) is 16.4. The zero-order valence-corrected chi connectivity index (χ0v) is 33.0. The number of carbonyl (C=O) groups is 7. The van der Waals surface area contributed by atoms with E-state index in [-0.39, 0.29) is 24.8 Å². The molecule has 1 aliphatic carbocycles. The Bertz CT molecular complexity index is 1590. The van der Waals surface area contributed by atoms with E-state index in [9.17, 15) is 46.7 Å². The van der Waals surface area contributed by atoms with E-state index in [4.69, 9.17) is 0 Å².